The third kappa shape index (κ3) is 3.80. The monoisotopic (exact) mass is 300 g/mol. The highest BCUT2D eigenvalue weighted by Crippen LogP contribution is 2.39. The molecular weight excluding hydrogens is 276 g/mol. The number of nitrogens with zero attached hydrogens (tertiary/aromatic N) is 2. The van der Waals surface area contributed by atoms with Crippen molar-refractivity contribution >= 4 is 10.0 Å². The van der Waals surface area contributed by atoms with Gasteiger partial charge in [0.1, 0.15) is 4.90 Å². The SMILES string of the molecule is CNCCCn1cc(S(=O)(=O)NC(C)(C)C2CC2)cn1. The van der Waals surface area contributed by atoms with Crippen LogP contribution in [0.3, 0.4) is 0 Å². The van der Waals surface area contributed by atoms with Gasteiger partial charge in [-0.05, 0) is 52.6 Å². The van der Waals surface area contributed by atoms with E-state index in [0.717, 1.165) is 25.8 Å². The Kier molecular flexibility index (Phi) is 4.51. The number of hydrogen-bond acceptors (Lipinski definition) is 4. The first-order valence-electron chi connectivity index (χ1n) is 7.06. The van der Waals surface area contributed by atoms with Crippen LogP contribution in [-0.4, -0.2) is 37.3 Å². The summed E-state index contributed by atoms with van der Waals surface area (Å²) in [4.78, 5) is 0.246. The molecule has 6 nitrogen and oxygen atoms in total. The lowest BCUT2D eigenvalue weighted by molar-refractivity contribution is 0.400. The van der Waals surface area contributed by atoms with Crippen LogP contribution in [0, 0.1) is 5.92 Å². The van der Waals surface area contributed by atoms with Crippen molar-refractivity contribution in [2.45, 2.75) is 50.1 Å². The van der Waals surface area contributed by atoms with Crippen LogP contribution < -0.4 is 10.0 Å². The molecule has 1 aliphatic carbocycles. The lowest BCUT2D eigenvalue weighted by Gasteiger charge is -2.25. The van der Waals surface area contributed by atoms with E-state index < -0.39 is 10.0 Å². The van der Waals surface area contributed by atoms with Crippen molar-refractivity contribution in [1.82, 2.24) is 19.8 Å². The molecule has 1 fully saturated rings. The number of sulfonamides is 1. The largest absolute Gasteiger partial charge is 0.320 e. The molecule has 1 aliphatic rings. The van der Waals surface area contributed by atoms with Crippen LogP contribution in [0.2, 0.25) is 0 Å². The maximum atomic E-state index is 12.3. The molecule has 0 unspecified atom stereocenters. The Morgan fingerprint density at radius 1 is 1.45 bits per heavy atom. The van der Waals surface area contributed by atoms with Gasteiger partial charge in [0.25, 0.3) is 0 Å². The highest BCUT2D eigenvalue weighted by molar-refractivity contribution is 7.89. The van der Waals surface area contributed by atoms with E-state index in [1.54, 1.807) is 10.9 Å². The molecule has 0 aromatic carbocycles. The molecule has 0 atom stereocenters. The average molecular weight is 300 g/mol. The zero-order valence-corrected chi connectivity index (χ0v) is 13.2. The third-order valence-corrected chi connectivity index (χ3v) is 5.36. The Labute approximate surface area is 121 Å². The van der Waals surface area contributed by atoms with E-state index in [0.29, 0.717) is 12.5 Å². The Morgan fingerprint density at radius 2 is 2.15 bits per heavy atom. The summed E-state index contributed by atoms with van der Waals surface area (Å²) in [5.41, 5.74) is -0.382. The second kappa shape index (κ2) is 5.83. The molecule has 20 heavy (non-hydrogen) atoms. The lowest BCUT2D eigenvalue weighted by Crippen LogP contribution is -2.44. The summed E-state index contributed by atoms with van der Waals surface area (Å²) in [6, 6.07) is 0. The van der Waals surface area contributed by atoms with Gasteiger partial charge in [-0.25, -0.2) is 13.1 Å². The van der Waals surface area contributed by atoms with E-state index in [-0.39, 0.29) is 10.4 Å². The molecule has 0 bridgehead atoms. The first-order valence-corrected chi connectivity index (χ1v) is 8.54. The van der Waals surface area contributed by atoms with Gasteiger partial charge < -0.3 is 5.32 Å². The van der Waals surface area contributed by atoms with E-state index in [1.165, 1.54) is 6.20 Å². The molecule has 0 spiro atoms. The molecule has 0 amide bonds. The molecule has 2 rings (SSSR count). The fraction of sp³-hybridized carbons (Fsp3) is 0.769. The van der Waals surface area contributed by atoms with Crippen LogP contribution in [0.5, 0.6) is 0 Å². The first kappa shape index (κ1) is 15.5. The van der Waals surface area contributed by atoms with Gasteiger partial charge in [-0.3, -0.25) is 4.68 Å². The van der Waals surface area contributed by atoms with Crippen molar-refractivity contribution in [3.05, 3.63) is 12.4 Å². The summed E-state index contributed by atoms with van der Waals surface area (Å²) in [6.07, 6.45) is 6.13. The summed E-state index contributed by atoms with van der Waals surface area (Å²) in [5, 5.41) is 7.17. The Balaban J connectivity index is 2.02. The molecule has 7 heteroatoms. The normalized spacial score (nSPS) is 16.6. The van der Waals surface area contributed by atoms with Gasteiger partial charge >= 0.3 is 0 Å². The van der Waals surface area contributed by atoms with E-state index >= 15 is 0 Å². The fourth-order valence-corrected chi connectivity index (χ4v) is 3.74. The van der Waals surface area contributed by atoms with E-state index in [2.05, 4.69) is 15.1 Å². The predicted molar refractivity (Wildman–Crippen MR) is 77.9 cm³/mol. The molecule has 2 N–H and O–H groups in total. The van der Waals surface area contributed by atoms with Crippen LogP contribution in [0.4, 0.5) is 0 Å². The Morgan fingerprint density at radius 3 is 2.75 bits per heavy atom. The zero-order valence-electron chi connectivity index (χ0n) is 12.4. The van der Waals surface area contributed by atoms with Crippen molar-refractivity contribution in [2.24, 2.45) is 5.92 Å². The van der Waals surface area contributed by atoms with Crippen molar-refractivity contribution in [3.8, 4) is 0 Å². The molecule has 0 aliphatic heterocycles. The zero-order chi connectivity index (χ0) is 14.8. The quantitative estimate of drug-likeness (QED) is 0.701. The van der Waals surface area contributed by atoms with E-state index in [1.807, 2.05) is 20.9 Å². The molecule has 114 valence electrons. The lowest BCUT2D eigenvalue weighted by atomic mass is 10.0. The molecule has 1 aromatic heterocycles. The minimum atomic E-state index is -3.48. The summed E-state index contributed by atoms with van der Waals surface area (Å²) in [7, 11) is -1.59. The van der Waals surface area contributed by atoms with Crippen LogP contribution in [0.25, 0.3) is 0 Å². The maximum Gasteiger partial charge on any atom is 0.244 e. The number of aryl methyl sites for hydroxylation is 1. The third-order valence-electron chi connectivity index (χ3n) is 3.73. The Hall–Kier alpha value is -0.920. The minimum Gasteiger partial charge on any atom is -0.320 e. The maximum absolute atomic E-state index is 12.3. The number of hydrogen-bond donors (Lipinski definition) is 2. The van der Waals surface area contributed by atoms with Crippen LogP contribution in [0.1, 0.15) is 33.1 Å². The fourth-order valence-electron chi connectivity index (χ4n) is 2.32. The molecule has 1 saturated carbocycles. The molecule has 1 heterocycles. The standard InChI is InChI=1S/C13H24N4O2S/c1-13(2,11-5-6-11)16-20(18,19)12-9-15-17(10-12)8-4-7-14-3/h9-11,14,16H,4-8H2,1-3H3. The Bertz CT molecular complexity index is 546. The first-order chi connectivity index (χ1) is 9.35. The number of rotatable bonds is 8. The van der Waals surface area contributed by atoms with Gasteiger partial charge in [0.2, 0.25) is 10.0 Å². The highest BCUT2D eigenvalue weighted by atomic mass is 32.2. The summed E-state index contributed by atoms with van der Waals surface area (Å²) in [5.74, 6) is 0.447. The van der Waals surface area contributed by atoms with E-state index in [4.69, 9.17) is 0 Å². The van der Waals surface area contributed by atoms with Crippen LogP contribution >= 0.6 is 0 Å². The number of aromatic nitrogens is 2. The number of nitrogens with one attached hydrogen (secondary N) is 2. The van der Waals surface area contributed by atoms with Gasteiger partial charge in [-0.15, -0.1) is 0 Å². The summed E-state index contributed by atoms with van der Waals surface area (Å²) in [6.45, 7) is 5.48. The second-order valence-electron chi connectivity index (χ2n) is 6.00. The van der Waals surface area contributed by atoms with Crippen LogP contribution in [0.15, 0.2) is 17.3 Å². The van der Waals surface area contributed by atoms with Crippen molar-refractivity contribution in [2.75, 3.05) is 13.6 Å². The topological polar surface area (TPSA) is 76.0 Å². The van der Waals surface area contributed by atoms with Crippen molar-refractivity contribution < 1.29 is 8.42 Å². The van der Waals surface area contributed by atoms with Gasteiger partial charge in [-0.2, -0.15) is 5.10 Å². The van der Waals surface area contributed by atoms with Gasteiger partial charge in [-0.1, -0.05) is 0 Å². The van der Waals surface area contributed by atoms with Gasteiger partial charge in [0, 0.05) is 18.3 Å². The van der Waals surface area contributed by atoms with Crippen molar-refractivity contribution in [3.63, 3.8) is 0 Å². The average Bonchev–Trinajstić information content (AvgIpc) is 3.09. The van der Waals surface area contributed by atoms with E-state index in [9.17, 15) is 8.42 Å². The summed E-state index contributed by atoms with van der Waals surface area (Å²) < 4.78 is 29.2. The highest BCUT2D eigenvalue weighted by Gasteiger charge is 2.40. The van der Waals surface area contributed by atoms with Crippen molar-refractivity contribution in [1.29, 1.82) is 0 Å². The molecule has 0 saturated heterocycles. The van der Waals surface area contributed by atoms with Gasteiger partial charge in [0.15, 0.2) is 0 Å². The molecule has 0 radical (unpaired) electrons. The van der Waals surface area contributed by atoms with Gasteiger partial charge in [0.05, 0.1) is 6.20 Å². The van der Waals surface area contributed by atoms with Crippen LogP contribution in [-0.2, 0) is 16.6 Å². The minimum absolute atomic E-state index is 0.246. The molecule has 1 aromatic rings. The second-order valence-corrected chi connectivity index (χ2v) is 7.68. The predicted octanol–water partition coefficient (Wildman–Crippen LogP) is 0.960. The smallest absolute Gasteiger partial charge is 0.244 e. The summed E-state index contributed by atoms with van der Waals surface area (Å²) >= 11 is 0. The molecular formula is C13H24N4O2S.